The Morgan fingerprint density at radius 2 is 1.97 bits per heavy atom. The zero-order valence-electron chi connectivity index (χ0n) is 22.6. The second-order valence-electron chi connectivity index (χ2n) is 11.3. The normalized spacial score (nSPS) is 25.1. The van der Waals surface area contributed by atoms with E-state index in [2.05, 4.69) is 5.32 Å². The van der Waals surface area contributed by atoms with Crippen molar-refractivity contribution in [2.45, 2.75) is 62.4 Å². The van der Waals surface area contributed by atoms with Crippen molar-refractivity contribution in [3.8, 4) is 5.75 Å². The minimum Gasteiger partial charge on any atom is -0.493 e. The molecule has 10 nitrogen and oxygen atoms in total. The van der Waals surface area contributed by atoms with Crippen molar-refractivity contribution in [3.05, 3.63) is 29.6 Å². The van der Waals surface area contributed by atoms with E-state index in [9.17, 15) is 24.5 Å². The van der Waals surface area contributed by atoms with Gasteiger partial charge in [-0.15, -0.1) is 0 Å². The predicted molar refractivity (Wildman–Crippen MR) is 142 cm³/mol. The molecule has 4 atom stereocenters. The van der Waals surface area contributed by atoms with Gasteiger partial charge in [0.2, 0.25) is 5.91 Å². The van der Waals surface area contributed by atoms with Gasteiger partial charge in [-0.2, -0.15) is 0 Å². The third kappa shape index (κ3) is 8.32. The largest absolute Gasteiger partial charge is 0.493 e. The van der Waals surface area contributed by atoms with Crippen LogP contribution in [0.1, 0.15) is 37.7 Å². The summed E-state index contributed by atoms with van der Waals surface area (Å²) in [4.78, 5) is 16.7. The standard InChI is InChI=1S/C28H44FN3O7/c29-23-15-22(38-12-1-2-20-5-8-30-9-6-20)4-3-21(23)14-26(36)32-11-13-39-28(19-32)7-10-31(18-28)16-24(34)27(37)25(35)17-33/h3-4,15,20,24-25,27,30,33-35,37H,1-2,5-14,16-19H2/t24?,25-,27+,28?/m1/s1. The number of ether oxygens (including phenoxy) is 2. The summed E-state index contributed by atoms with van der Waals surface area (Å²) in [6, 6.07) is 4.70. The molecule has 5 N–H and O–H groups in total. The van der Waals surface area contributed by atoms with Crippen molar-refractivity contribution in [2.24, 2.45) is 5.92 Å². The van der Waals surface area contributed by atoms with Crippen LogP contribution in [-0.4, -0.2) is 126 Å². The summed E-state index contributed by atoms with van der Waals surface area (Å²) < 4.78 is 26.6. The number of carbonyl (C=O) groups is 1. The highest BCUT2D eigenvalue weighted by molar-refractivity contribution is 5.79. The van der Waals surface area contributed by atoms with Gasteiger partial charge in [0.05, 0.1) is 44.5 Å². The highest BCUT2D eigenvalue weighted by Gasteiger charge is 2.44. The van der Waals surface area contributed by atoms with Crippen molar-refractivity contribution in [3.63, 3.8) is 0 Å². The first-order valence-electron chi connectivity index (χ1n) is 14.2. The van der Waals surface area contributed by atoms with E-state index in [1.54, 1.807) is 17.0 Å². The lowest BCUT2D eigenvalue weighted by molar-refractivity contribution is -0.148. The van der Waals surface area contributed by atoms with Crippen LogP contribution in [0.25, 0.3) is 0 Å². The minimum atomic E-state index is -1.46. The summed E-state index contributed by atoms with van der Waals surface area (Å²) in [5.41, 5.74) is -0.270. The summed E-state index contributed by atoms with van der Waals surface area (Å²) in [7, 11) is 0. The molecule has 1 amide bonds. The first kappa shape index (κ1) is 30.1. The Morgan fingerprint density at radius 3 is 2.72 bits per heavy atom. The van der Waals surface area contributed by atoms with Gasteiger partial charge in [-0.3, -0.25) is 9.69 Å². The van der Waals surface area contributed by atoms with Crippen molar-refractivity contribution < 1.29 is 39.1 Å². The molecule has 11 heteroatoms. The van der Waals surface area contributed by atoms with Crippen LogP contribution in [0.15, 0.2) is 18.2 Å². The Morgan fingerprint density at radius 1 is 1.18 bits per heavy atom. The highest BCUT2D eigenvalue weighted by Crippen LogP contribution is 2.30. The van der Waals surface area contributed by atoms with Crippen LogP contribution in [0.4, 0.5) is 4.39 Å². The topological polar surface area (TPSA) is 135 Å². The molecule has 220 valence electrons. The zero-order valence-corrected chi connectivity index (χ0v) is 22.6. The molecule has 0 saturated carbocycles. The molecule has 1 spiro atoms. The maximum Gasteiger partial charge on any atom is 0.227 e. The molecule has 3 saturated heterocycles. The number of hydrogen-bond acceptors (Lipinski definition) is 9. The monoisotopic (exact) mass is 553 g/mol. The van der Waals surface area contributed by atoms with E-state index in [1.807, 2.05) is 4.90 Å². The van der Waals surface area contributed by atoms with Crippen molar-refractivity contribution in [1.29, 1.82) is 0 Å². The van der Waals surface area contributed by atoms with Crippen LogP contribution < -0.4 is 10.1 Å². The SMILES string of the molecule is O=C(Cc1ccc(OCCCC2CCNCC2)cc1F)N1CCOC2(CCN(CC(O)[C@H](O)[C@H](O)CO)C2)C1. The number of likely N-dealkylation sites (tertiary alicyclic amines) is 1. The van der Waals surface area contributed by atoms with Crippen molar-refractivity contribution in [1.82, 2.24) is 15.1 Å². The maximum atomic E-state index is 14.8. The average Bonchev–Trinajstić information content (AvgIpc) is 3.32. The van der Waals surface area contributed by atoms with Gasteiger partial charge in [-0.05, 0) is 62.7 Å². The fourth-order valence-electron chi connectivity index (χ4n) is 5.89. The van der Waals surface area contributed by atoms with Crippen molar-refractivity contribution in [2.75, 3.05) is 65.6 Å². The summed E-state index contributed by atoms with van der Waals surface area (Å²) in [6.45, 7) is 4.36. The third-order valence-corrected chi connectivity index (χ3v) is 8.27. The third-order valence-electron chi connectivity index (χ3n) is 8.27. The van der Waals surface area contributed by atoms with E-state index in [4.69, 9.17) is 14.6 Å². The first-order chi connectivity index (χ1) is 18.8. The molecule has 0 aromatic heterocycles. The number of aliphatic hydroxyl groups is 4. The number of β-amino-alcohol motifs (C(OH)–C–C–N with tert-alkyl or cyclic N) is 1. The second-order valence-corrected chi connectivity index (χ2v) is 11.3. The summed E-state index contributed by atoms with van der Waals surface area (Å²) in [5.74, 6) is 0.584. The quantitative estimate of drug-likeness (QED) is 0.225. The molecule has 3 aliphatic rings. The number of nitrogens with one attached hydrogen (secondary N) is 1. The number of hydrogen-bond donors (Lipinski definition) is 5. The van der Waals surface area contributed by atoms with Gasteiger partial charge in [0.25, 0.3) is 0 Å². The van der Waals surface area contributed by atoms with E-state index in [0.717, 1.165) is 31.8 Å². The molecule has 4 rings (SSSR count). The van der Waals surface area contributed by atoms with E-state index in [-0.39, 0.29) is 18.9 Å². The molecular weight excluding hydrogens is 509 g/mol. The highest BCUT2D eigenvalue weighted by atomic mass is 19.1. The fraction of sp³-hybridized carbons (Fsp3) is 0.750. The van der Waals surface area contributed by atoms with E-state index >= 15 is 0 Å². The Bertz CT molecular complexity index is 934. The number of halogens is 1. The zero-order chi connectivity index (χ0) is 27.8. The van der Waals surface area contributed by atoms with Gasteiger partial charge in [0.1, 0.15) is 23.8 Å². The number of aliphatic hydroxyl groups excluding tert-OH is 4. The second kappa shape index (κ2) is 14.2. The number of benzene rings is 1. The number of amides is 1. The fourth-order valence-corrected chi connectivity index (χ4v) is 5.89. The van der Waals surface area contributed by atoms with E-state index in [0.29, 0.717) is 57.1 Å². The van der Waals surface area contributed by atoms with Crippen LogP contribution in [0.5, 0.6) is 5.75 Å². The minimum absolute atomic E-state index is 0.0500. The molecule has 3 heterocycles. The number of rotatable bonds is 12. The molecule has 0 aliphatic carbocycles. The number of morpholine rings is 1. The predicted octanol–water partition coefficient (Wildman–Crippen LogP) is -0.0949. The Balaban J connectivity index is 1.23. The van der Waals surface area contributed by atoms with Crippen LogP contribution in [0, 0.1) is 11.7 Å². The smallest absolute Gasteiger partial charge is 0.227 e. The van der Waals surface area contributed by atoms with Crippen LogP contribution >= 0.6 is 0 Å². The molecule has 1 aromatic rings. The lowest BCUT2D eigenvalue weighted by Gasteiger charge is -2.40. The van der Waals surface area contributed by atoms with Crippen LogP contribution in [-0.2, 0) is 16.0 Å². The van der Waals surface area contributed by atoms with Gasteiger partial charge in [0, 0.05) is 32.2 Å². The lowest BCUT2D eigenvalue weighted by Crippen LogP contribution is -2.55. The molecule has 39 heavy (non-hydrogen) atoms. The Hall–Kier alpha value is -1.86. The summed E-state index contributed by atoms with van der Waals surface area (Å²) in [6.07, 6.45) is 0.938. The molecule has 0 bridgehead atoms. The van der Waals surface area contributed by atoms with E-state index in [1.165, 1.54) is 18.9 Å². The molecule has 2 unspecified atom stereocenters. The van der Waals surface area contributed by atoms with Gasteiger partial charge >= 0.3 is 0 Å². The summed E-state index contributed by atoms with van der Waals surface area (Å²) in [5, 5.41) is 42.1. The van der Waals surface area contributed by atoms with Gasteiger partial charge in [-0.25, -0.2) is 4.39 Å². The number of piperidine rings is 1. The molecule has 3 aliphatic heterocycles. The molecule has 3 fully saturated rings. The molecule has 0 radical (unpaired) electrons. The molecular formula is C28H44FN3O7. The van der Waals surface area contributed by atoms with Crippen molar-refractivity contribution >= 4 is 5.91 Å². The number of carbonyl (C=O) groups excluding carboxylic acids is 1. The summed E-state index contributed by atoms with van der Waals surface area (Å²) >= 11 is 0. The Labute approximate surface area is 229 Å². The van der Waals surface area contributed by atoms with Crippen LogP contribution in [0.3, 0.4) is 0 Å². The van der Waals surface area contributed by atoms with Gasteiger partial charge < -0.3 is 40.1 Å². The lowest BCUT2D eigenvalue weighted by atomic mass is 9.93. The number of nitrogens with zero attached hydrogens (tertiary/aromatic N) is 2. The Kier molecular flexibility index (Phi) is 10.9. The molecule has 1 aromatic carbocycles. The van der Waals surface area contributed by atoms with Crippen LogP contribution in [0.2, 0.25) is 0 Å². The van der Waals surface area contributed by atoms with Gasteiger partial charge in [0.15, 0.2) is 0 Å². The first-order valence-corrected chi connectivity index (χ1v) is 14.2. The average molecular weight is 554 g/mol. The maximum absolute atomic E-state index is 14.8. The van der Waals surface area contributed by atoms with E-state index < -0.39 is 36.3 Å². The van der Waals surface area contributed by atoms with Gasteiger partial charge in [-0.1, -0.05) is 6.07 Å².